The molecular formula is C55H41N. The van der Waals surface area contributed by atoms with E-state index in [9.17, 15) is 0 Å². The second kappa shape index (κ2) is 13.7. The van der Waals surface area contributed by atoms with Gasteiger partial charge < -0.3 is 4.90 Å². The maximum absolute atomic E-state index is 2.48. The smallest absolute Gasteiger partial charge is 0.0543 e. The maximum Gasteiger partial charge on any atom is 0.0543 e. The van der Waals surface area contributed by atoms with Gasteiger partial charge in [0.25, 0.3) is 0 Å². The fourth-order valence-corrected chi connectivity index (χ4v) is 8.74. The molecule has 266 valence electrons. The number of rotatable bonds is 7. The molecule has 9 aromatic carbocycles. The number of para-hydroxylation sites is 1. The summed E-state index contributed by atoms with van der Waals surface area (Å²) in [7, 11) is 0. The van der Waals surface area contributed by atoms with Gasteiger partial charge in [-0.15, -0.1) is 0 Å². The van der Waals surface area contributed by atoms with E-state index in [4.69, 9.17) is 0 Å². The summed E-state index contributed by atoms with van der Waals surface area (Å²) in [6.07, 6.45) is 0. The Labute approximate surface area is 329 Å². The Morgan fingerprint density at radius 2 is 0.804 bits per heavy atom. The van der Waals surface area contributed by atoms with Crippen molar-refractivity contribution in [2.45, 2.75) is 19.3 Å². The zero-order valence-corrected chi connectivity index (χ0v) is 31.7. The maximum atomic E-state index is 2.48. The molecule has 0 atom stereocenters. The topological polar surface area (TPSA) is 3.24 Å². The Morgan fingerprint density at radius 1 is 0.321 bits per heavy atom. The average molecular weight is 716 g/mol. The van der Waals surface area contributed by atoms with Gasteiger partial charge in [0.2, 0.25) is 0 Å². The highest BCUT2D eigenvalue weighted by atomic mass is 15.1. The SMILES string of the molecule is CC1(C)c2ccccc2-c2c(N(c3ccc(-c4ccc(-c5ccccc5)cc4)cc3)c3ccccc3-c3ccc(-c4ccc5ccccc5c4)cc3)cccc21. The molecular weight excluding hydrogens is 675 g/mol. The van der Waals surface area contributed by atoms with Crippen molar-refractivity contribution in [2.75, 3.05) is 4.90 Å². The monoisotopic (exact) mass is 715 g/mol. The molecule has 0 heterocycles. The highest BCUT2D eigenvalue weighted by Crippen LogP contribution is 2.55. The summed E-state index contributed by atoms with van der Waals surface area (Å²) < 4.78 is 0. The van der Waals surface area contributed by atoms with E-state index >= 15 is 0 Å². The number of fused-ring (bicyclic) bond motifs is 4. The second-order valence-electron chi connectivity index (χ2n) is 15.4. The van der Waals surface area contributed by atoms with E-state index in [1.807, 2.05) is 0 Å². The van der Waals surface area contributed by atoms with Crippen molar-refractivity contribution in [1.82, 2.24) is 0 Å². The van der Waals surface area contributed by atoms with Crippen molar-refractivity contribution >= 4 is 27.8 Å². The molecule has 0 radical (unpaired) electrons. The van der Waals surface area contributed by atoms with Crippen LogP contribution in [0.1, 0.15) is 25.0 Å². The van der Waals surface area contributed by atoms with Gasteiger partial charge in [-0.05, 0) is 96.7 Å². The van der Waals surface area contributed by atoms with Crippen molar-refractivity contribution in [1.29, 1.82) is 0 Å². The van der Waals surface area contributed by atoms with Crippen LogP contribution in [0, 0.1) is 0 Å². The van der Waals surface area contributed by atoms with E-state index in [-0.39, 0.29) is 5.41 Å². The van der Waals surface area contributed by atoms with Crippen LogP contribution in [0.3, 0.4) is 0 Å². The van der Waals surface area contributed by atoms with E-state index in [0.717, 1.165) is 11.4 Å². The molecule has 0 aromatic heterocycles. The lowest BCUT2D eigenvalue weighted by Crippen LogP contribution is -2.16. The van der Waals surface area contributed by atoms with Crippen LogP contribution in [-0.4, -0.2) is 0 Å². The van der Waals surface area contributed by atoms with Gasteiger partial charge in [0.05, 0.1) is 11.4 Å². The Hall–Kier alpha value is -6.96. The standard InChI is InChI=1S/C55H41N/c1-55(2)50-19-10-8-18-49(50)54-51(55)20-12-22-53(54)56(47-35-33-42(34-36-47)41-25-23-40(24-26-41)38-13-4-3-5-14-38)52-21-11-9-17-48(52)44-30-27-43(28-31-44)46-32-29-39-15-6-7-16-45(39)37-46/h3-37H,1-2H3. The minimum atomic E-state index is -0.110. The van der Waals surface area contributed by atoms with Crippen LogP contribution < -0.4 is 4.90 Å². The van der Waals surface area contributed by atoms with Crippen LogP contribution in [0.15, 0.2) is 212 Å². The summed E-state index contributed by atoms with van der Waals surface area (Å²) in [4.78, 5) is 2.48. The van der Waals surface area contributed by atoms with Gasteiger partial charge >= 0.3 is 0 Å². The van der Waals surface area contributed by atoms with E-state index in [1.54, 1.807) is 0 Å². The Morgan fingerprint density at radius 3 is 1.52 bits per heavy atom. The van der Waals surface area contributed by atoms with Crippen LogP contribution >= 0.6 is 0 Å². The third-order valence-corrected chi connectivity index (χ3v) is 11.7. The number of hydrogen-bond acceptors (Lipinski definition) is 1. The number of benzene rings is 9. The van der Waals surface area contributed by atoms with E-state index < -0.39 is 0 Å². The predicted octanol–water partition coefficient (Wildman–Crippen LogP) is 15.3. The minimum absolute atomic E-state index is 0.110. The van der Waals surface area contributed by atoms with Crippen LogP contribution in [0.4, 0.5) is 17.1 Å². The fraction of sp³-hybridized carbons (Fsp3) is 0.0545. The molecule has 1 nitrogen and oxygen atoms in total. The molecule has 1 aliphatic carbocycles. The van der Waals surface area contributed by atoms with Crippen LogP contribution in [0.5, 0.6) is 0 Å². The Kier molecular flexibility index (Phi) is 8.23. The highest BCUT2D eigenvalue weighted by molar-refractivity contribution is 5.98. The zero-order chi connectivity index (χ0) is 37.6. The lowest BCUT2D eigenvalue weighted by Gasteiger charge is -2.30. The molecule has 1 aliphatic rings. The second-order valence-corrected chi connectivity index (χ2v) is 15.4. The summed E-state index contributed by atoms with van der Waals surface area (Å²) in [6, 6.07) is 77.6. The van der Waals surface area contributed by atoms with Crippen LogP contribution in [0.25, 0.3) is 66.4 Å². The molecule has 0 amide bonds. The van der Waals surface area contributed by atoms with Crippen molar-refractivity contribution in [3.63, 3.8) is 0 Å². The first kappa shape index (κ1) is 33.6. The molecule has 0 bridgehead atoms. The number of hydrogen-bond donors (Lipinski definition) is 0. The molecule has 9 aromatic rings. The first-order valence-corrected chi connectivity index (χ1v) is 19.5. The molecule has 10 rings (SSSR count). The lowest BCUT2D eigenvalue weighted by molar-refractivity contribution is 0.660. The molecule has 0 aliphatic heterocycles. The summed E-state index contributed by atoms with van der Waals surface area (Å²) in [5.41, 5.74) is 18.3. The van der Waals surface area contributed by atoms with Crippen molar-refractivity contribution in [3.05, 3.63) is 223 Å². The molecule has 0 spiro atoms. The molecule has 0 unspecified atom stereocenters. The van der Waals surface area contributed by atoms with E-state index in [1.165, 1.54) is 83.2 Å². The molecule has 0 N–H and O–H groups in total. The predicted molar refractivity (Wildman–Crippen MR) is 238 cm³/mol. The summed E-state index contributed by atoms with van der Waals surface area (Å²) in [6.45, 7) is 4.71. The van der Waals surface area contributed by atoms with Crippen LogP contribution in [-0.2, 0) is 5.41 Å². The van der Waals surface area contributed by atoms with Crippen molar-refractivity contribution in [2.24, 2.45) is 0 Å². The largest absolute Gasteiger partial charge is 0.309 e. The van der Waals surface area contributed by atoms with Gasteiger partial charge in [-0.25, -0.2) is 0 Å². The molecule has 0 fully saturated rings. The average Bonchev–Trinajstić information content (AvgIpc) is 3.51. The van der Waals surface area contributed by atoms with Crippen molar-refractivity contribution in [3.8, 4) is 55.6 Å². The quantitative estimate of drug-likeness (QED) is 0.159. The number of nitrogens with zero attached hydrogens (tertiary/aromatic N) is 1. The molecule has 1 heteroatoms. The van der Waals surface area contributed by atoms with Gasteiger partial charge in [0.1, 0.15) is 0 Å². The zero-order valence-electron chi connectivity index (χ0n) is 31.7. The van der Waals surface area contributed by atoms with Crippen LogP contribution in [0.2, 0.25) is 0 Å². The minimum Gasteiger partial charge on any atom is -0.309 e. The Bertz CT molecular complexity index is 2850. The van der Waals surface area contributed by atoms with Gasteiger partial charge in [-0.2, -0.15) is 0 Å². The molecule has 56 heavy (non-hydrogen) atoms. The summed E-state index contributed by atoms with van der Waals surface area (Å²) in [5.74, 6) is 0. The third kappa shape index (κ3) is 5.81. The summed E-state index contributed by atoms with van der Waals surface area (Å²) >= 11 is 0. The normalized spacial score (nSPS) is 12.6. The first-order chi connectivity index (χ1) is 27.5. The van der Waals surface area contributed by atoms with Gasteiger partial charge in [0.15, 0.2) is 0 Å². The van der Waals surface area contributed by atoms with Gasteiger partial charge in [-0.1, -0.05) is 196 Å². The Balaban J connectivity index is 1.09. The summed E-state index contributed by atoms with van der Waals surface area (Å²) in [5, 5.41) is 2.51. The first-order valence-electron chi connectivity index (χ1n) is 19.5. The lowest BCUT2D eigenvalue weighted by atomic mass is 9.82. The molecule has 0 saturated carbocycles. The third-order valence-electron chi connectivity index (χ3n) is 11.7. The fourth-order valence-electron chi connectivity index (χ4n) is 8.74. The van der Waals surface area contributed by atoms with Crippen molar-refractivity contribution < 1.29 is 0 Å². The van der Waals surface area contributed by atoms with Gasteiger partial charge in [-0.3, -0.25) is 0 Å². The van der Waals surface area contributed by atoms with E-state index in [2.05, 4.69) is 231 Å². The highest BCUT2D eigenvalue weighted by Gasteiger charge is 2.37. The number of anilines is 3. The van der Waals surface area contributed by atoms with Gasteiger partial charge in [0, 0.05) is 22.2 Å². The van der Waals surface area contributed by atoms with E-state index in [0.29, 0.717) is 0 Å². The molecule has 0 saturated heterocycles.